The van der Waals surface area contributed by atoms with Gasteiger partial charge >= 0.3 is 0 Å². The number of ether oxygens (including phenoxy) is 1. The van der Waals surface area contributed by atoms with E-state index < -0.39 is 0 Å². The number of aldehydes is 1. The number of hydrogen-bond acceptors (Lipinski definition) is 3. The molecule has 0 bridgehead atoms. The maximum atomic E-state index is 10.9. The van der Waals surface area contributed by atoms with Crippen molar-refractivity contribution in [2.75, 3.05) is 21.2 Å². The summed E-state index contributed by atoms with van der Waals surface area (Å²) in [7, 11) is 5.34. The highest BCUT2D eigenvalue weighted by atomic mass is 16.5. The molecule has 1 aromatic rings. The van der Waals surface area contributed by atoms with Crippen molar-refractivity contribution in [3.63, 3.8) is 0 Å². The molecule has 0 aromatic heterocycles. The van der Waals surface area contributed by atoms with Crippen LogP contribution in [0.15, 0.2) is 24.3 Å². The molecule has 1 unspecified atom stereocenters. The molecule has 0 spiro atoms. The molecular formula is C11H15NO2. The molecule has 0 amide bonds. The van der Waals surface area contributed by atoms with Crippen molar-refractivity contribution in [2.24, 2.45) is 0 Å². The fourth-order valence-electron chi connectivity index (χ4n) is 1.38. The summed E-state index contributed by atoms with van der Waals surface area (Å²) in [6.07, 6.45) is 0.915. The number of benzene rings is 1. The van der Waals surface area contributed by atoms with E-state index in [-0.39, 0.29) is 6.04 Å². The van der Waals surface area contributed by atoms with E-state index in [0.29, 0.717) is 0 Å². The Balaban J connectivity index is 3.08. The van der Waals surface area contributed by atoms with Gasteiger partial charge in [0.1, 0.15) is 12.0 Å². The second-order valence-corrected chi connectivity index (χ2v) is 3.29. The standard InChI is InChI=1S/C11H15NO2/c1-12(2)10(8-13)9-6-4-5-7-11(9)14-3/h4-8,10H,1-3H3. The lowest BCUT2D eigenvalue weighted by Crippen LogP contribution is -2.21. The minimum atomic E-state index is -0.244. The Morgan fingerprint density at radius 3 is 2.50 bits per heavy atom. The average molecular weight is 193 g/mol. The molecule has 3 nitrogen and oxygen atoms in total. The summed E-state index contributed by atoms with van der Waals surface area (Å²) in [5.41, 5.74) is 0.898. The summed E-state index contributed by atoms with van der Waals surface area (Å²) in [4.78, 5) is 12.8. The number of nitrogens with zero attached hydrogens (tertiary/aromatic N) is 1. The van der Waals surface area contributed by atoms with Crippen molar-refractivity contribution in [1.29, 1.82) is 0 Å². The molecule has 3 heteroatoms. The van der Waals surface area contributed by atoms with Crippen molar-refractivity contribution in [3.05, 3.63) is 29.8 Å². The van der Waals surface area contributed by atoms with Gasteiger partial charge in [0, 0.05) is 5.56 Å². The maximum absolute atomic E-state index is 10.9. The number of para-hydroxylation sites is 1. The molecule has 0 saturated heterocycles. The first-order valence-corrected chi connectivity index (χ1v) is 4.45. The number of carbonyl (C=O) groups excluding carboxylic acids is 1. The third-order valence-electron chi connectivity index (χ3n) is 2.14. The first-order valence-electron chi connectivity index (χ1n) is 4.45. The molecule has 0 radical (unpaired) electrons. The van der Waals surface area contributed by atoms with Crippen molar-refractivity contribution in [2.45, 2.75) is 6.04 Å². The Kier molecular flexibility index (Phi) is 3.65. The Labute approximate surface area is 84.3 Å². The van der Waals surface area contributed by atoms with Crippen LogP contribution in [0.5, 0.6) is 5.75 Å². The van der Waals surface area contributed by atoms with E-state index in [0.717, 1.165) is 17.6 Å². The van der Waals surface area contributed by atoms with Gasteiger partial charge in [0.2, 0.25) is 0 Å². The Morgan fingerprint density at radius 2 is 2.00 bits per heavy atom. The van der Waals surface area contributed by atoms with Gasteiger partial charge in [-0.2, -0.15) is 0 Å². The lowest BCUT2D eigenvalue weighted by atomic mass is 10.1. The van der Waals surface area contributed by atoms with Gasteiger partial charge in [-0.25, -0.2) is 0 Å². The summed E-state index contributed by atoms with van der Waals surface area (Å²) in [6.45, 7) is 0. The molecule has 0 aliphatic rings. The van der Waals surface area contributed by atoms with E-state index >= 15 is 0 Å². The number of rotatable bonds is 4. The zero-order chi connectivity index (χ0) is 10.6. The molecule has 0 heterocycles. The number of methoxy groups -OCH3 is 1. The minimum absolute atomic E-state index is 0.244. The van der Waals surface area contributed by atoms with E-state index in [9.17, 15) is 4.79 Å². The van der Waals surface area contributed by atoms with Crippen molar-refractivity contribution >= 4 is 6.29 Å². The zero-order valence-corrected chi connectivity index (χ0v) is 8.73. The highest BCUT2D eigenvalue weighted by Crippen LogP contribution is 2.25. The Bertz CT molecular complexity index is 310. The van der Waals surface area contributed by atoms with Gasteiger partial charge in [-0.1, -0.05) is 18.2 Å². The van der Waals surface area contributed by atoms with Crippen LogP contribution >= 0.6 is 0 Å². The second-order valence-electron chi connectivity index (χ2n) is 3.29. The zero-order valence-electron chi connectivity index (χ0n) is 8.73. The number of hydrogen-bond donors (Lipinski definition) is 0. The molecule has 0 N–H and O–H groups in total. The number of likely N-dealkylation sites (N-methyl/N-ethyl adjacent to an activating group) is 1. The summed E-state index contributed by atoms with van der Waals surface area (Å²) >= 11 is 0. The second kappa shape index (κ2) is 4.77. The van der Waals surface area contributed by atoms with Crippen LogP contribution < -0.4 is 4.74 Å². The van der Waals surface area contributed by atoms with Crippen molar-refractivity contribution in [3.8, 4) is 5.75 Å². The van der Waals surface area contributed by atoms with Crippen LogP contribution in [0.2, 0.25) is 0 Å². The van der Waals surface area contributed by atoms with Gasteiger partial charge in [-0.15, -0.1) is 0 Å². The molecule has 0 aliphatic carbocycles. The normalized spacial score (nSPS) is 12.6. The Morgan fingerprint density at radius 1 is 1.36 bits per heavy atom. The highest BCUT2D eigenvalue weighted by Gasteiger charge is 2.16. The predicted molar refractivity (Wildman–Crippen MR) is 55.5 cm³/mol. The maximum Gasteiger partial charge on any atom is 0.141 e. The van der Waals surface area contributed by atoms with Gasteiger partial charge in [0.15, 0.2) is 0 Å². The minimum Gasteiger partial charge on any atom is -0.496 e. The molecule has 14 heavy (non-hydrogen) atoms. The summed E-state index contributed by atoms with van der Waals surface area (Å²) < 4.78 is 5.19. The van der Waals surface area contributed by atoms with E-state index in [4.69, 9.17) is 4.74 Å². The molecular weight excluding hydrogens is 178 g/mol. The van der Waals surface area contributed by atoms with Gasteiger partial charge in [-0.3, -0.25) is 4.90 Å². The summed E-state index contributed by atoms with van der Waals surface area (Å²) in [5.74, 6) is 0.748. The summed E-state index contributed by atoms with van der Waals surface area (Å²) in [6, 6.07) is 7.30. The van der Waals surface area contributed by atoms with Gasteiger partial charge < -0.3 is 9.53 Å². The molecule has 0 saturated carbocycles. The van der Waals surface area contributed by atoms with Gasteiger partial charge in [0.25, 0.3) is 0 Å². The van der Waals surface area contributed by atoms with Gasteiger partial charge in [0.05, 0.1) is 13.2 Å². The van der Waals surface area contributed by atoms with E-state index in [1.807, 2.05) is 43.3 Å². The molecule has 76 valence electrons. The van der Waals surface area contributed by atoms with Gasteiger partial charge in [-0.05, 0) is 20.2 Å². The molecule has 1 atom stereocenters. The van der Waals surface area contributed by atoms with Crippen LogP contribution in [0.3, 0.4) is 0 Å². The van der Waals surface area contributed by atoms with Crippen LogP contribution in [0.4, 0.5) is 0 Å². The van der Waals surface area contributed by atoms with Crippen LogP contribution in [0, 0.1) is 0 Å². The fourth-order valence-corrected chi connectivity index (χ4v) is 1.38. The van der Waals surface area contributed by atoms with E-state index in [2.05, 4.69) is 0 Å². The molecule has 0 aliphatic heterocycles. The lowest BCUT2D eigenvalue weighted by molar-refractivity contribution is -0.111. The molecule has 1 aromatic carbocycles. The highest BCUT2D eigenvalue weighted by molar-refractivity contribution is 5.63. The average Bonchev–Trinajstić information content (AvgIpc) is 2.19. The topological polar surface area (TPSA) is 29.5 Å². The molecule has 0 fully saturated rings. The molecule has 1 rings (SSSR count). The van der Waals surface area contributed by atoms with E-state index in [1.54, 1.807) is 7.11 Å². The third-order valence-corrected chi connectivity index (χ3v) is 2.14. The van der Waals surface area contributed by atoms with Crippen LogP contribution in [-0.4, -0.2) is 32.4 Å². The van der Waals surface area contributed by atoms with Crippen LogP contribution in [-0.2, 0) is 4.79 Å². The smallest absolute Gasteiger partial charge is 0.141 e. The summed E-state index contributed by atoms with van der Waals surface area (Å²) in [5, 5.41) is 0. The first-order chi connectivity index (χ1) is 6.70. The predicted octanol–water partition coefficient (Wildman–Crippen LogP) is 1.50. The quantitative estimate of drug-likeness (QED) is 0.679. The largest absolute Gasteiger partial charge is 0.496 e. The third kappa shape index (κ3) is 2.12. The lowest BCUT2D eigenvalue weighted by Gasteiger charge is -2.20. The van der Waals surface area contributed by atoms with Crippen LogP contribution in [0.25, 0.3) is 0 Å². The fraction of sp³-hybridized carbons (Fsp3) is 0.364. The monoisotopic (exact) mass is 193 g/mol. The van der Waals surface area contributed by atoms with Crippen LogP contribution in [0.1, 0.15) is 11.6 Å². The van der Waals surface area contributed by atoms with E-state index in [1.165, 1.54) is 0 Å². The Hall–Kier alpha value is -1.35. The van der Waals surface area contributed by atoms with Crippen molar-refractivity contribution < 1.29 is 9.53 Å². The first kappa shape index (κ1) is 10.7. The SMILES string of the molecule is COc1ccccc1C(C=O)N(C)C. The van der Waals surface area contributed by atoms with Crippen molar-refractivity contribution in [1.82, 2.24) is 4.90 Å². The number of carbonyl (C=O) groups is 1.